The molecule has 0 amide bonds. The van der Waals surface area contributed by atoms with Crippen molar-refractivity contribution in [1.82, 2.24) is 0 Å². The Hall–Kier alpha value is -1.02. The summed E-state index contributed by atoms with van der Waals surface area (Å²) >= 11 is 0. The number of aryl methyl sites for hydroxylation is 1. The van der Waals surface area contributed by atoms with Crippen LogP contribution in [-0.4, -0.2) is 18.2 Å². The van der Waals surface area contributed by atoms with E-state index in [9.17, 15) is 0 Å². The second-order valence-corrected chi connectivity index (χ2v) is 6.46. The molecule has 2 nitrogen and oxygen atoms in total. The summed E-state index contributed by atoms with van der Waals surface area (Å²) in [6, 6.07) is 8.74. The molecule has 110 valence electrons. The van der Waals surface area contributed by atoms with Crippen molar-refractivity contribution >= 4 is 5.69 Å². The molecule has 1 aromatic rings. The molecule has 3 rings (SSSR count). The van der Waals surface area contributed by atoms with E-state index in [0.29, 0.717) is 6.10 Å². The van der Waals surface area contributed by atoms with Crippen molar-refractivity contribution in [3.63, 3.8) is 0 Å². The van der Waals surface area contributed by atoms with Crippen molar-refractivity contribution in [1.29, 1.82) is 0 Å². The second-order valence-electron chi connectivity index (χ2n) is 6.46. The van der Waals surface area contributed by atoms with Crippen molar-refractivity contribution in [2.45, 2.75) is 70.0 Å². The summed E-state index contributed by atoms with van der Waals surface area (Å²) in [5, 5.41) is 3.56. The first-order valence-corrected chi connectivity index (χ1v) is 8.30. The van der Waals surface area contributed by atoms with E-state index in [2.05, 4.69) is 36.5 Å². The summed E-state index contributed by atoms with van der Waals surface area (Å²) in [4.78, 5) is 0. The zero-order valence-electron chi connectivity index (χ0n) is 12.7. The average Bonchev–Trinajstić information content (AvgIpc) is 2.89. The van der Waals surface area contributed by atoms with Gasteiger partial charge in [0, 0.05) is 12.2 Å². The van der Waals surface area contributed by atoms with Crippen LogP contribution in [0, 0.1) is 0 Å². The van der Waals surface area contributed by atoms with E-state index in [0.717, 1.165) is 13.0 Å². The number of hydrogen-bond acceptors (Lipinski definition) is 2. The first-order chi connectivity index (χ1) is 9.80. The summed E-state index contributed by atoms with van der Waals surface area (Å²) in [6.07, 6.45) is 10.7. The molecular weight excluding hydrogens is 246 g/mol. The van der Waals surface area contributed by atoms with Crippen molar-refractivity contribution in [3.8, 4) is 0 Å². The van der Waals surface area contributed by atoms with Crippen molar-refractivity contribution < 1.29 is 4.74 Å². The molecule has 2 aliphatic rings. The van der Waals surface area contributed by atoms with Gasteiger partial charge in [0.15, 0.2) is 0 Å². The molecule has 1 spiro atoms. The van der Waals surface area contributed by atoms with Gasteiger partial charge in [-0.05, 0) is 49.8 Å². The van der Waals surface area contributed by atoms with E-state index in [1.807, 2.05) is 0 Å². The summed E-state index contributed by atoms with van der Waals surface area (Å²) in [7, 11) is 0. The van der Waals surface area contributed by atoms with Crippen LogP contribution in [-0.2, 0) is 11.2 Å². The van der Waals surface area contributed by atoms with Crippen molar-refractivity contribution in [3.05, 3.63) is 29.8 Å². The third kappa shape index (κ3) is 3.17. The SMILES string of the molecule is CCc1cccc(NCC2CCC3(CCCCC3)O2)c1. The Labute approximate surface area is 122 Å². The van der Waals surface area contributed by atoms with E-state index < -0.39 is 0 Å². The predicted molar refractivity (Wildman–Crippen MR) is 84.2 cm³/mol. The maximum absolute atomic E-state index is 6.41. The molecule has 1 aliphatic carbocycles. The maximum Gasteiger partial charge on any atom is 0.0756 e. The molecule has 1 aliphatic heterocycles. The second kappa shape index (κ2) is 6.17. The lowest BCUT2D eigenvalue weighted by Gasteiger charge is -2.33. The lowest BCUT2D eigenvalue weighted by atomic mass is 9.83. The highest BCUT2D eigenvalue weighted by Crippen LogP contribution is 2.41. The Morgan fingerprint density at radius 1 is 1.20 bits per heavy atom. The summed E-state index contributed by atoms with van der Waals surface area (Å²) in [5.74, 6) is 0. The van der Waals surface area contributed by atoms with Crippen molar-refractivity contribution in [2.24, 2.45) is 0 Å². The zero-order valence-corrected chi connectivity index (χ0v) is 12.7. The standard InChI is InChI=1S/C18H27NO/c1-2-15-7-6-8-16(13-15)19-14-17-9-12-18(20-17)10-4-3-5-11-18/h6-8,13,17,19H,2-5,9-12,14H2,1H3. The third-order valence-corrected chi connectivity index (χ3v) is 4.97. The van der Waals surface area contributed by atoms with E-state index in [4.69, 9.17) is 4.74 Å². The van der Waals surface area contributed by atoms with E-state index in [1.165, 1.54) is 56.2 Å². The normalized spacial score (nSPS) is 24.9. The fraction of sp³-hybridized carbons (Fsp3) is 0.667. The van der Waals surface area contributed by atoms with Gasteiger partial charge in [0.25, 0.3) is 0 Å². The van der Waals surface area contributed by atoms with Crippen LogP contribution in [0.4, 0.5) is 5.69 Å². The number of ether oxygens (including phenoxy) is 1. The summed E-state index contributed by atoms with van der Waals surface area (Å²) in [5.41, 5.74) is 2.87. The molecule has 0 aromatic heterocycles. The number of hydrogen-bond donors (Lipinski definition) is 1. The molecule has 1 N–H and O–H groups in total. The quantitative estimate of drug-likeness (QED) is 0.869. The predicted octanol–water partition coefficient (Wildman–Crippen LogP) is 4.54. The molecule has 1 aromatic carbocycles. The highest BCUT2D eigenvalue weighted by atomic mass is 16.5. The lowest BCUT2D eigenvalue weighted by Crippen LogP contribution is -2.33. The maximum atomic E-state index is 6.41. The Bertz CT molecular complexity index is 437. The van der Waals surface area contributed by atoms with Gasteiger partial charge in [0.2, 0.25) is 0 Å². The molecule has 1 heterocycles. The van der Waals surface area contributed by atoms with Crippen LogP contribution in [0.1, 0.15) is 57.4 Å². The number of rotatable bonds is 4. The van der Waals surface area contributed by atoms with Gasteiger partial charge < -0.3 is 10.1 Å². The van der Waals surface area contributed by atoms with Crippen molar-refractivity contribution in [2.75, 3.05) is 11.9 Å². The van der Waals surface area contributed by atoms with E-state index in [-0.39, 0.29) is 5.60 Å². The first-order valence-electron chi connectivity index (χ1n) is 8.30. The molecule has 1 saturated heterocycles. The van der Waals surface area contributed by atoms with E-state index in [1.54, 1.807) is 0 Å². The molecule has 1 saturated carbocycles. The van der Waals surface area contributed by atoms with Crippen LogP contribution in [0.5, 0.6) is 0 Å². The van der Waals surface area contributed by atoms with Gasteiger partial charge in [-0.2, -0.15) is 0 Å². The summed E-state index contributed by atoms with van der Waals surface area (Å²) in [6.45, 7) is 3.15. The van der Waals surface area contributed by atoms with Crippen LogP contribution in [0.15, 0.2) is 24.3 Å². The molecule has 1 atom stereocenters. The Balaban J connectivity index is 1.51. The van der Waals surface area contributed by atoms with Gasteiger partial charge in [-0.1, -0.05) is 38.3 Å². The molecule has 20 heavy (non-hydrogen) atoms. The molecule has 0 radical (unpaired) electrons. The highest BCUT2D eigenvalue weighted by Gasteiger charge is 2.40. The van der Waals surface area contributed by atoms with E-state index >= 15 is 0 Å². The lowest BCUT2D eigenvalue weighted by molar-refractivity contribution is -0.0588. The fourth-order valence-corrected chi connectivity index (χ4v) is 3.74. The van der Waals surface area contributed by atoms with Gasteiger partial charge in [-0.25, -0.2) is 0 Å². The molecule has 0 bridgehead atoms. The number of anilines is 1. The average molecular weight is 273 g/mol. The van der Waals surface area contributed by atoms with Gasteiger partial charge >= 0.3 is 0 Å². The Morgan fingerprint density at radius 3 is 2.85 bits per heavy atom. The molecule has 1 unspecified atom stereocenters. The van der Waals surface area contributed by atoms with Gasteiger partial charge in [-0.3, -0.25) is 0 Å². The molecule has 2 fully saturated rings. The molecular formula is C18H27NO. The van der Waals surface area contributed by atoms with Crippen LogP contribution in [0.3, 0.4) is 0 Å². The largest absolute Gasteiger partial charge is 0.382 e. The van der Waals surface area contributed by atoms with Crippen LogP contribution < -0.4 is 5.32 Å². The molecule has 2 heteroatoms. The van der Waals surface area contributed by atoms with Gasteiger partial charge in [0.1, 0.15) is 0 Å². The first kappa shape index (κ1) is 13.9. The van der Waals surface area contributed by atoms with Gasteiger partial charge in [-0.15, -0.1) is 0 Å². The number of nitrogens with one attached hydrogen (secondary N) is 1. The van der Waals surface area contributed by atoms with Crippen LogP contribution in [0.25, 0.3) is 0 Å². The van der Waals surface area contributed by atoms with Crippen LogP contribution in [0.2, 0.25) is 0 Å². The zero-order chi connectivity index (χ0) is 13.8. The van der Waals surface area contributed by atoms with Gasteiger partial charge in [0.05, 0.1) is 11.7 Å². The Kier molecular flexibility index (Phi) is 4.30. The fourth-order valence-electron chi connectivity index (χ4n) is 3.74. The minimum absolute atomic E-state index is 0.246. The highest BCUT2D eigenvalue weighted by molar-refractivity contribution is 5.45. The monoisotopic (exact) mass is 273 g/mol. The number of benzene rings is 1. The minimum Gasteiger partial charge on any atom is -0.382 e. The minimum atomic E-state index is 0.246. The third-order valence-electron chi connectivity index (χ3n) is 4.97. The summed E-state index contributed by atoms with van der Waals surface area (Å²) < 4.78 is 6.41. The topological polar surface area (TPSA) is 21.3 Å². The Morgan fingerprint density at radius 2 is 2.05 bits per heavy atom. The smallest absolute Gasteiger partial charge is 0.0756 e. The van der Waals surface area contributed by atoms with Crippen LogP contribution >= 0.6 is 0 Å².